The van der Waals surface area contributed by atoms with Gasteiger partial charge in [-0.1, -0.05) is 12.1 Å². The summed E-state index contributed by atoms with van der Waals surface area (Å²) in [6.45, 7) is 2.06. The summed E-state index contributed by atoms with van der Waals surface area (Å²) in [5.74, 6) is 1.42. The van der Waals surface area contributed by atoms with Crippen LogP contribution in [0.15, 0.2) is 29.3 Å². The number of hydrogen-bond acceptors (Lipinski definition) is 1. The number of hydrogen-bond donors (Lipinski definition) is 1. The molecule has 5 heteroatoms. The van der Waals surface area contributed by atoms with E-state index < -0.39 is 0 Å². The van der Waals surface area contributed by atoms with Gasteiger partial charge in [0, 0.05) is 27.2 Å². The number of aliphatic imine (C=N–C) groups is 1. The van der Waals surface area contributed by atoms with Crippen LogP contribution in [-0.4, -0.2) is 38.0 Å². The molecule has 0 aromatic heterocycles. The topological polar surface area (TPSA) is 27.6 Å². The monoisotopic (exact) mass is 377 g/mol. The van der Waals surface area contributed by atoms with Crippen LogP contribution in [0.1, 0.15) is 12.0 Å². The minimum absolute atomic E-state index is 0. The van der Waals surface area contributed by atoms with E-state index in [4.69, 9.17) is 0 Å². The highest BCUT2D eigenvalue weighted by Crippen LogP contribution is 2.21. The van der Waals surface area contributed by atoms with Gasteiger partial charge in [-0.2, -0.15) is 0 Å². The number of rotatable bonds is 2. The highest BCUT2D eigenvalue weighted by atomic mass is 127. The molecule has 19 heavy (non-hydrogen) atoms. The van der Waals surface area contributed by atoms with Gasteiger partial charge in [0.05, 0.1) is 0 Å². The second-order valence-electron chi connectivity index (χ2n) is 4.73. The highest BCUT2D eigenvalue weighted by molar-refractivity contribution is 14.0. The molecule has 1 atom stereocenters. The molecule has 1 unspecified atom stereocenters. The Morgan fingerprint density at radius 3 is 2.68 bits per heavy atom. The van der Waals surface area contributed by atoms with Crippen LogP contribution in [0.25, 0.3) is 0 Å². The second kappa shape index (κ2) is 7.67. The molecule has 0 saturated carbocycles. The first-order valence-electron chi connectivity index (χ1n) is 6.37. The van der Waals surface area contributed by atoms with E-state index >= 15 is 0 Å². The van der Waals surface area contributed by atoms with Crippen LogP contribution >= 0.6 is 24.0 Å². The maximum atomic E-state index is 12.8. The summed E-state index contributed by atoms with van der Waals surface area (Å²) in [6, 6.07) is 6.83. The predicted molar refractivity (Wildman–Crippen MR) is 87.6 cm³/mol. The minimum Gasteiger partial charge on any atom is -0.359 e. The molecular weight excluding hydrogens is 356 g/mol. The van der Waals surface area contributed by atoms with Crippen LogP contribution in [0, 0.1) is 11.7 Å². The van der Waals surface area contributed by atoms with Gasteiger partial charge in [0.15, 0.2) is 5.96 Å². The van der Waals surface area contributed by atoms with Crippen molar-refractivity contribution in [1.29, 1.82) is 0 Å². The number of guanidine groups is 1. The van der Waals surface area contributed by atoms with Crippen molar-refractivity contribution in [3.05, 3.63) is 35.6 Å². The molecule has 1 saturated heterocycles. The summed E-state index contributed by atoms with van der Waals surface area (Å²) >= 11 is 0. The molecule has 1 heterocycles. The molecule has 0 radical (unpaired) electrons. The van der Waals surface area contributed by atoms with Crippen molar-refractivity contribution in [2.24, 2.45) is 10.9 Å². The van der Waals surface area contributed by atoms with Crippen LogP contribution in [0.4, 0.5) is 4.39 Å². The first kappa shape index (κ1) is 16.2. The molecule has 3 nitrogen and oxygen atoms in total. The smallest absolute Gasteiger partial charge is 0.193 e. The quantitative estimate of drug-likeness (QED) is 0.487. The first-order chi connectivity index (χ1) is 8.72. The predicted octanol–water partition coefficient (Wildman–Crippen LogP) is 2.51. The van der Waals surface area contributed by atoms with E-state index in [0.29, 0.717) is 5.92 Å². The van der Waals surface area contributed by atoms with Gasteiger partial charge in [-0.3, -0.25) is 4.99 Å². The zero-order chi connectivity index (χ0) is 13.0. The molecule has 1 aliphatic rings. The number of nitrogens with one attached hydrogen (secondary N) is 1. The van der Waals surface area contributed by atoms with Gasteiger partial charge in [-0.15, -0.1) is 24.0 Å². The fourth-order valence-corrected chi connectivity index (χ4v) is 2.56. The van der Waals surface area contributed by atoms with E-state index in [1.165, 1.54) is 17.7 Å². The largest absolute Gasteiger partial charge is 0.359 e. The summed E-state index contributed by atoms with van der Waals surface area (Å²) in [4.78, 5) is 6.50. The van der Waals surface area contributed by atoms with Crippen LogP contribution < -0.4 is 5.32 Å². The van der Waals surface area contributed by atoms with E-state index in [1.807, 2.05) is 19.2 Å². The third kappa shape index (κ3) is 4.33. The van der Waals surface area contributed by atoms with Crippen LogP contribution in [-0.2, 0) is 6.42 Å². The molecule has 1 N–H and O–H groups in total. The van der Waals surface area contributed by atoms with Crippen LogP contribution in [0.2, 0.25) is 0 Å². The molecule has 1 aliphatic heterocycles. The SMILES string of the molecule is CN=C(NC)N1CCC(Cc2ccc(F)cc2)C1.I. The summed E-state index contributed by atoms with van der Waals surface area (Å²) in [5, 5.41) is 3.11. The third-order valence-corrected chi connectivity index (χ3v) is 3.46. The summed E-state index contributed by atoms with van der Waals surface area (Å²) in [5.41, 5.74) is 1.21. The Balaban J connectivity index is 0.00000180. The van der Waals surface area contributed by atoms with Crippen molar-refractivity contribution in [1.82, 2.24) is 10.2 Å². The molecule has 0 aliphatic carbocycles. The van der Waals surface area contributed by atoms with Gasteiger partial charge in [0.2, 0.25) is 0 Å². The molecule has 0 bridgehead atoms. The van der Waals surface area contributed by atoms with E-state index in [2.05, 4.69) is 15.2 Å². The van der Waals surface area contributed by atoms with Crippen molar-refractivity contribution < 1.29 is 4.39 Å². The lowest BCUT2D eigenvalue weighted by atomic mass is 9.99. The summed E-state index contributed by atoms with van der Waals surface area (Å²) in [7, 11) is 3.70. The maximum absolute atomic E-state index is 12.8. The standard InChI is InChI=1S/C14H20FN3.HI/c1-16-14(17-2)18-8-7-12(10-18)9-11-3-5-13(15)6-4-11;/h3-6,12H,7-10H2,1-2H3,(H,16,17);1H. The summed E-state index contributed by atoms with van der Waals surface area (Å²) < 4.78 is 12.8. The average molecular weight is 377 g/mol. The lowest BCUT2D eigenvalue weighted by molar-refractivity contribution is 0.464. The Morgan fingerprint density at radius 1 is 1.42 bits per heavy atom. The molecule has 1 fully saturated rings. The lowest BCUT2D eigenvalue weighted by Crippen LogP contribution is -2.38. The molecule has 106 valence electrons. The van der Waals surface area contributed by atoms with Crippen molar-refractivity contribution in [3.63, 3.8) is 0 Å². The number of benzene rings is 1. The van der Waals surface area contributed by atoms with Crippen LogP contribution in [0.3, 0.4) is 0 Å². The van der Waals surface area contributed by atoms with Crippen molar-refractivity contribution in [2.75, 3.05) is 27.2 Å². The second-order valence-corrected chi connectivity index (χ2v) is 4.73. The Labute approximate surface area is 131 Å². The summed E-state index contributed by atoms with van der Waals surface area (Å²) in [6.07, 6.45) is 2.18. The van der Waals surface area contributed by atoms with Crippen LogP contribution in [0.5, 0.6) is 0 Å². The molecule has 1 aromatic rings. The lowest BCUT2D eigenvalue weighted by Gasteiger charge is -2.19. The van der Waals surface area contributed by atoms with E-state index in [9.17, 15) is 4.39 Å². The van der Waals surface area contributed by atoms with E-state index in [0.717, 1.165) is 31.9 Å². The van der Waals surface area contributed by atoms with Gasteiger partial charge in [0.1, 0.15) is 5.82 Å². The fraction of sp³-hybridized carbons (Fsp3) is 0.500. The molecule has 0 amide bonds. The zero-order valence-electron chi connectivity index (χ0n) is 11.4. The first-order valence-corrected chi connectivity index (χ1v) is 6.37. The van der Waals surface area contributed by atoms with Crippen molar-refractivity contribution >= 4 is 29.9 Å². The average Bonchev–Trinajstić information content (AvgIpc) is 2.82. The third-order valence-electron chi connectivity index (χ3n) is 3.46. The molecule has 1 aromatic carbocycles. The van der Waals surface area contributed by atoms with Gasteiger partial charge in [-0.25, -0.2) is 4.39 Å². The van der Waals surface area contributed by atoms with E-state index in [1.54, 1.807) is 7.05 Å². The van der Waals surface area contributed by atoms with Gasteiger partial charge in [-0.05, 0) is 36.5 Å². The fourth-order valence-electron chi connectivity index (χ4n) is 2.56. The number of nitrogens with zero attached hydrogens (tertiary/aromatic N) is 2. The van der Waals surface area contributed by atoms with Gasteiger partial charge >= 0.3 is 0 Å². The van der Waals surface area contributed by atoms with Crippen molar-refractivity contribution in [2.45, 2.75) is 12.8 Å². The molecule has 0 spiro atoms. The van der Waals surface area contributed by atoms with Crippen molar-refractivity contribution in [3.8, 4) is 0 Å². The Hall–Kier alpha value is -0.850. The highest BCUT2D eigenvalue weighted by Gasteiger charge is 2.24. The Bertz CT molecular complexity index is 419. The zero-order valence-corrected chi connectivity index (χ0v) is 13.7. The number of halogens is 2. The van der Waals surface area contributed by atoms with Gasteiger partial charge < -0.3 is 10.2 Å². The Kier molecular flexibility index (Phi) is 6.54. The molecular formula is C14H21FIN3. The Morgan fingerprint density at radius 2 is 2.11 bits per heavy atom. The minimum atomic E-state index is -0.164. The molecule has 2 rings (SSSR count). The number of likely N-dealkylation sites (tertiary alicyclic amines) is 1. The van der Waals surface area contributed by atoms with E-state index in [-0.39, 0.29) is 29.8 Å². The van der Waals surface area contributed by atoms with Gasteiger partial charge in [0.25, 0.3) is 0 Å². The normalized spacial score (nSPS) is 19.2. The maximum Gasteiger partial charge on any atom is 0.193 e.